The molecule has 6 nitrogen and oxygen atoms in total. The summed E-state index contributed by atoms with van der Waals surface area (Å²) in [7, 11) is -1.10. The van der Waals surface area contributed by atoms with Crippen LogP contribution in [0.1, 0.15) is 20.8 Å². The van der Waals surface area contributed by atoms with Crippen molar-refractivity contribution in [2.45, 2.75) is 44.9 Å². The van der Waals surface area contributed by atoms with Gasteiger partial charge in [-0.1, -0.05) is 38.9 Å². The quantitative estimate of drug-likeness (QED) is 0.513. The average Bonchev–Trinajstić information content (AvgIpc) is 2.58. The van der Waals surface area contributed by atoms with Crippen molar-refractivity contribution in [2.75, 3.05) is 18.1 Å². The Hall–Kier alpha value is -1.35. The predicted octanol–water partition coefficient (Wildman–Crippen LogP) is 2.48. The minimum absolute atomic E-state index is 0.385. The van der Waals surface area contributed by atoms with Crippen LogP contribution in [0.3, 0.4) is 0 Å². The molecule has 0 radical (unpaired) electrons. The third-order valence-electron chi connectivity index (χ3n) is 4.67. The number of nitrogens with zero attached hydrogens (tertiary/aromatic N) is 1. The van der Waals surface area contributed by atoms with Crippen LogP contribution in [0.4, 0.5) is 9.18 Å². The average molecular weight is 376 g/mol. The Balaban J connectivity index is 2.38. The molecular formula is C15H26FN3O3SSi. The monoisotopic (exact) mass is 375 g/mol. The highest BCUT2D eigenvalue weighted by Crippen LogP contribution is 2.26. The fraction of sp³-hybridized carbons (Fsp3) is 0.667. The van der Waals surface area contributed by atoms with Gasteiger partial charge in [0.25, 0.3) is 5.56 Å². The molecule has 0 bridgehead atoms. The van der Waals surface area contributed by atoms with Crippen molar-refractivity contribution < 1.29 is 9.18 Å². The molecule has 0 aliphatic carbocycles. The maximum Gasteiger partial charge on any atom is 0.336 e. The number of H-pyrrole nitrogens is 1. The molecule has 0 aromatic carbocycles. The molecule has 0 aliphatic heterocycles. The van der Waals surface area contributed by atoms with E-state index in [-0.39, 0.29) is 0 Å². The second-order valence-electron chi connectivity index (χ2n) is 5.76. The Bertz CT molecular complexity index is 650. The van der Waals surface area contributed by atoms with E-state index in [2.05, 4.69) is 26.1 Å². The van der Waals surface area contributed by atoms with E-state index in [0.29, 0.717) is 17.3 Å². The Labute approximate surface area is 146 Å². The van der Waals surface area contributed by atoms with Gasteiger partial charge in [-0.25, -0.2) is 14.2 Å². The Morgan fingerprint density at radius 1 is 1.25 bits per heavy atom. The fourth-order valence-electron chi connectivity index (χ4n) is 2.58. The third kappa shape index (κ3) is 5.62. The van der Waals surface area contributed by atoms with E-state index in [0.717, 1.165) is 11.5 Å². The molecule has 136 valence electrons. The SMILES string of the molecule is CC[Si](CC)(CC)CCSCCNC(=O)n1cc(F)c(=O)[nH]c1=O. The lowest BCUT2D eigenvalue weighted by molar-refractivity contribution is 0.241. The molecule has 0 unspecified atom stereocenters. The topological polar surface area (TPSA) is 84.0 Å². The van der Waals surface area contributed by atoms with Gasteiger partial charge < -0.3 is 5.32 Å². The molecule has 0 saturated heterocycles. The summed E-state index contributed by atoms with van der Waals surface area (Å²) in [6, 6.07) is 4.45. The van der Waals surface area contributed by atoms with E-state index in [1.165, 1.54) is 24.2 Å². The summed E-state index contributed by atoms with van der Waals surface area (Å²) in [5.74, 6) is 0.637. The molecule has 1 aromatic heterocycles. The highest BCUT2D eigenvalue weighted by molar-refractivity contribution is 7.99. The van der Waals surface area contributed by atoms with Gasteiger partial charge in [0.1, 0.15) is 0 Å². The maximum absolute atomic E-state index is 13.1. The summed E-state index contributed by atoms with van der Waals surface area (Å²) in [6.07, 6.45) is 0.605. The smallest absolute Gasteiger partial charge is 0.336 e. The van der Waals surface area contributed by atoms with Crippen molar-refractivity contribution in [1.29, 1.82) is 0 Å². The Kier molecular flexibility index (Phi) is 8.47. The number of hydrogen-bond donors (Lipinski definition) is 2. The first-order valence-corrected chi connectivity index (χ1v) is 12.2. The highest BCUT2D eigenvalue weighted by Gasteiger charge is 2.25. The van der Waals surface area contributed by atoms with Crippen molar-refractivity contribution >= 4 is 25.9 Å². The van der Waals surface area contributed by atoms with Gasteiger partial charge in [-0.2, -0.15) is 16.2 Å². The largest absolute Gasteiger partial charge is 0.336 e. The number of amides is 1. The number of nitrogens with one attached hydrogen (secondary N) is 2. The number of aromatic amines is 1. The Morgan fingerprint density at radius 3 is 2.46 bits per heavy atom. The molecular weight excluding hydrogens is 349 g/mol. The van der Waals surface area contributed by atoms with E-state index in [1.807, 2.05) is 0 Å². The van der Waals surface area contributed by atoms with Crippen LogP contribution in [-0.4, -0.2) is 41.7 Å². The van der Waals surface area contributed by atoms with E-state index in [1.54, 1.807) is 16.7 Å². The highest BCUT2D eigenvalue weighted by atomic mass is 32.2. The first kappa shape index (κ1) is 20.7. The van der Waals surface area contributed by atoms with Crippen molar-refractivity contribution in [3.63, 3.8) is 0 Å². The lowest BCUT2D eigenvalue weighted by Crippen LogP contribution is -2.41. The zero-order valence-electron chi connectivity index (χ0n) is 14.5. The van der Waals surface area contributed by atoms with Crippen LogP contribution in [0.25, 0.3) is 0 Å². The van der Waals surface area contributed by atoms with Crippen molar-refractivity contribution in [1.82, 2.24) is 14.9 Å². The molecule has 0 spiro atoms. The number of thioether (sulfide) groups is 1. The van der Waals surface area contributed by atoms with Crippen LogP contribution in [0.5, 0.6) is 0 Å². The van der Waals surface area contributed by atoms with Crippen LogP contribution in [-0.2, 0) is 0 Å². The maximum atomic E-state index is 13.1. The lowest BCUT2D eigenvalue weighted by Gasteiger charge is -2.27. The number of carbonyl (C=O) groups is 1. The molecule has 0 saturated carbocycles. The first-order valence-electron chi connectivity index (χ1n) is 8.26. The molecule has 9 heteroatoms. The third-order valence-corrected chi connectivity index (χ3v) is 11.8. The number of aromatic nitrogens is 2. The van der Waals surface area contributed by atoms with Crippen LogP contribution < -0.4 is 16.6 Å². The van der Waals surface area contributed by atoms with Gasteiger partial charge in [0, 0.05) is 12.3 Å². The Morgan fingerprint density at radius 2 is 1.88 bits per heavy atom. The van der Waals surface area contributed by atoms with Gasteiger partial charge in [-0.3, -0.25) is 9.78 Å². The molecule has 1 rings (SSSR count). The van der Waals surface area contributed by atoms with E-state index < -0.39 is 31.2 Å². The zero-order chi connectivity index (χ0) is 18.2. The molecule has 1 aromatic rings. The van der Waals surface area contributed by atoms with Crippen molar-refractivity contribution in [3.8, 4) is 0 Å². The summed E-state index contributed by atoms with van der Waals surface area (Å²) in [5.41, 5.74) is -2.08. The standard InChI is InChI=1S/C15H26FN3O3SSi/c1-4-24(5-2,6-3)10-9-23-8-7-17-14(21)19-11-12(16)13(20)18-15(19)22/h11H,4-10H2,1-3H3,(H,17,21)(H,18,20,22). The van der Waals surface area contributed by atoms with Crippen molar-refractivity contribution in [3.05, 3.63) is 32.9 Å². The minimum atomic E-state index is -1.17. The molecule has 0 aliphatic rings. The molecule has 24 heavy (non-hydrogen) atoms. The van der Waals surface area contributed by atoms with Crippen LogP contribution >= 0.6 is 11.8 Å². The number of rotatable bonds is 9. The van der Waals surface area contributed by atoms with Gasteiger partial charge in [0.05, 0.1) is 14.3 Å². The summed E-state index contributed by atoms with van der Waals surface area (Å²) in [6.45, 7) is 7.23. The van der Waals surface area contributed by atoms with E-state index in [4.69, 9.17) is 0 Å². The summed E-state index contributed by atoms with van der Waals surface area (Å²) in [5, 5.41) is 2.55. The first-order chi connectivity index (χ1) is 11.4. The van der Waals surface area contributed by atoms with Gasteiger partial charge in [0.2, 0.25) is 5.82 Å². The normalized spacial score (nSPS) is 11.5. The second-order valence-corrected chi connectivity index (χ2v) is 12.6. The fourth-order valence-corrected chi connectivity index (χ4v) is 7.91. The summed E-state index contributed by atoms with van der Waals surface area (Å²) >= 11 is 1.77. The molecule has 0 atom stereocenters. The minimum Gasteiger partial charge on any atom is -0.336 e. The summed E-state index contributed by atoms with van der Waals surface area (Å²) < 4.78 is 13.7. The van der Waals surface area contributed by atoms with Crippen LogP contribution in [0, 0.1) is 5.82 Å². The number of hydrogen-bond acceptors (Lipinski definition) is 4. The van der Waals surface area contributed by atoms with E-state index in [9.17, 15) is 18.8 Å². The molecule has 2 N–H and O–H groups in total. The van der Waals surface area contributed by atoms with Crippen LogP contribution in [0.2, 0.25) is 24.2 Å². The molecule has 0 fully saturated rings. The van der Waals surface area contributed by atoms with E-state index >= 15 is 0 Å². The molecule has 1 amide bonds. The van der Waals surface area contributed by atoms with Crippen LogP contribution in [0.15, 0.2) is 15.8 Å². The van der Waals surface area contributed by atoms with Gasteiger partial charge >= 0.3 is 11.7 Å². The van der Waals surface area contributed by atoms with Crippen molar-refractivity contribution in [2.24, 2.45) is 0 Å². The number of halogens is 1. The second kappa shape index (κ2) is 9.82. The predicted molar refractivity (Wildman–Crippen MR) is 99.4 cm³/mol. The van der Waals surface area contributed by atoms with Gasteiger partial charge in [0.15, 0.2) is 0 Å². The number of carbonyl (C=O) groups excluding carboxylic acids is 1. The molecule has 1 heterocycles. The van der Waals surface area contributed by atoms with Gasteiger partial charge in [-0.15, -0.1) is 0 Å². The summed E-state index contributed by atoms with van der Waals surface area (Å²) in [4.78, 5) is 36.0. The zero-order valence-corrected chi connectivity index (χ0v) is 16.3. The lowest BCUT2D eigenvalue weighted by atomic mass is 10.6. The van der Waals surface area contributed by atoms with Gasteiger partial charge in [-0.05, 0) is 11.8 Å².